The fraction of sp³-hybridized carbons (Fsp3) is 0.556. The first-order valence-electron chi connectivity index (χ1n) is 9.01. The van der Waals surface area contributed by atoms with Crippen molar-refractivity contribution in [3.8, 4) is 11.4 Å². The summed E-state index contributed by atoms with van der Waals surface area (Å²) in [5.74, 6) is -0.120. The monoisotopic (exact) mass is 343 g/mol. The lowest BCUT2D eigenvalue weighted by Gasteiger charge is -2.29. The summed E-state index contributed by atoms with van der Waals surface area (Å²) in [6.45, 7) is 3.64. The zero-order valence-electron chi connectivity index (χ0n) is 14.4. The van der Waals surface area contributed by atoms with Crippen LogP contribution in [0.15, 0.2) is 30.3 Å². The van der Waals surface area contributed by atoms with Crippen LogP contribution in [0.3, 0.4) is 0 Å². The molecule has 7 heteroatoms. The fourth-order valence-electron chi connectivity index (χ4n) is 3.21. The molecule has 1 saturated heterocycles. The number of hydrogen-bond acceptors (Lipinski definition) is 5. The number of nitrogens with zero attached hydrogens (tertiary/aromatic N) is 5. The second kappa shape index (κ2) is 8.71. The Morgan fingerprint density at radius 2 is 1.80 bits per heavy atom. The molecule has 0 atom stereocenters. The molecule has 0 spiro atoms. The summed E-state index contributed by atoms with van der Waals surface area (Å²) in [5.41, 5.74) is 0.985. The van der Waals surface area contributed by atoms with Crippen LogP contribution in [-0.2, 0) is 11.3 Å². The predicted molar refractivity (Wildman–Crippen MR) is 93.9 cm³/mol. The topological polar surface area (TPSA) is 84.1 Å². The van der Waals surface area contributed by atoms with Gasteiger partial charge in [0.15, 0.2) is 0 Å². The van der Waals surface area contributed by atoms with Gasteiger partial charge >= 0.3 is 5.97 Å². The van der Waals surface area contributed by atoms with E-state index in [1.807, 2.05) is 30.3 Å². The number of likely N-dealkylation sites (tertiary alicyclic amines) is 1. The van der Waals surface area contributed by atoms with Gasteiger partial charge in [0.2, 0.25) is 5.82 Å². The van der Waals surface area contributed by atoms with Gasteiger partial charge in [-0.15, -0.1) is 10.2 Å². The number of aliphatic carboxylic acids is 1. The molecule has 0 unspecified atom stereocenters. The van der Waals surface area contributed by atoms with Crippen molar-refractivity contribution in [1.82, 2.24) is 25.1 Å². The van der Waals surface area contributed by atoms with Crippen molar-refractivity contribution in [3.63, 3.8) is 0 Å². The van der Waals surface area contributed by atoms with E-state index >= 15 is 0 Å². The van der Waals surface area contributed by atoms with Gasteiger partial charge in [-0.3, -0.25) is 4.79 Å². The Balaban J connectivity index is 1.32. The zero-order valence-corrected chi connectivity index (χ0v) is 14.4. The fourth-order valence-corrected chi connectivity index (χ4v) is 3.21. The van der Waals surface area contributed by atoms with Crippen LogP contribution in [0.25, 0.3) is 11.4 Å². The lowest BCUT2D eigenvalue weighted by atomic mass is 9.97. The smallest absolute Gasteiger partial charge is 0.306 e. The van der Waals surface area contributed by atoms with Crippen molar-refractivity contribution in [1.29, 1.82) is 0 Å². The first-order valence-corrected chi connectivity index (χ1v) is 9.01. The Kier molecular flexibility index (Phi) is 6.11. The molecule has 7 nitrogen and oxygen atoms in total. The first kappa shape index (κ1) is 17.5. The number of unbranched alkanes of at least 4 members (excludes halogenated alkanes) is 2. The molecule has 0 bridgehead atoms. The summed E-state index contributed by atoms with van der Waals surface area (Å²) in [4.78, 5) is 15.0. The Labute approximate surface area is 147 Å². The van der Waals surface area contributed by atoms with Gasteiger partial charge in [0, 0.05) is 5.56 Å². The van der Waals surface area contributed by atoms with E-state index in [2.05, 4.69) is 20.3 Å². The molecule has 134 valence electrons. The summed E-state index contributed by atoms with van der Waals surface area (Å²) >= 11 is 0. The summed E-state index contributed by atoms with van der Waals surface area (Å²) in [6, 6.07) is 9.87. The maximum atomic E-state index is 10.9. The molecule has 0 radical (unpaired) electrons. The quantitative estimate of drug-likeness (QED) is 0.741. The number of carboxylic acids is 1. The minimum Gasteiger partial charge on any atom is -0.481 e. The number of piperidine rings is 1. The van der Waals surface area contributed by atoms with Gasteiger partial charge in [0.05, 0.1) is 12.5 Å². The lowest BCUT2D eigenvalue weighted by Crippen LogP contribution is -2.36. The Morgan fingerprint density at radius 1 is 1.08 bits per heavy atom. The number of aryl methyl sites for hydroxylation is 1. The molecule has 1 aliphatic rings. The molecule has 0 amide bonds. The lowest BCUT2D eigenvalue weighted by molar-refractivity contribution is -0.143. The van der Waals surface area contributed by atoms with Crippen LogP contribution in [-0.4, -0.2) is 55.8 Å². The third-order valence-corrected chi connectivity index (χ3v) is 4.75. The van der Waals surface area contributed by atoms with Crippen LogP contribution in [0.2, 0.25) is 0 Å². The van der Waals surface area contributed by atoms with E-state index in [1.165, 1.54) is 0 Å². The van der Waals surface area contributed by atoms with Gasteiger partial charge in [-0.1, -0.05) is 36.8 Å². The van der Waals surface area contributed by atoms with Gasteiger partial charge in [-0.05, 0) is 50.5 Å². The highest BCUT2D eigenvalue weighted by Gasteiger charge is 2.23. The molecule has 2 heterocycles. The molecule has 3 rings (SSSR count). The van der Waals surface area contributed by atoms with E-state index in [1.54, 1.807) is 4.80 Å². The average Bonchev–Trinajstić information content (AvgIpc) is 3.11. The Morgan fingerprint density at radius 3 is 2.52 bits per heavy atom. The number of hydrogen-bond donors (Lipinski definition) is 1. The van der Waals surface area contributed by atoms with Crippen LogP contribution >= 0.6 is 0 Å². The molecule has 1 aromatic heterocycles. The van der Waals surface area contributed by atoms with Gasteiger partial charge in [0.1, 0.15) is 0 Å². The van der Waals surface area contributed by atoms with Gasteiger partial charge < -0.3 is 10.0 Å². The van der Waals surface area contributed by atoms with E-state index in [9.17, 15) is 4.79 Å². The summed E-state index contributed by atoms with van der Waals surface area (Å²) in [5, 5.41) is 21.7. The maximum Gasteiger partial charge on any atom is 0.306 e. The van der Waals surface area contributed by atoms with Gasteiger partial charge in [0.25, 0.3) is 0 Å². The molecular formula is C18H25N5O2. The first-order chi connectivity index (χ1) is 12.2. The standard InChI is InChI=1S/C18H25N5O2/c24-18(25)16-9-13-22(14-10-16)11-5-2-6-12-23-20-17(19-21-23)15-7-3-1-4-8-15/h1,3-4,7-8,16H,2,5-6,9-14H2,(H,24,25). The second-order valence-electron chi connectivity index (χ2n) is 6.59. The molecule has 1 aromatic carbocycles. The zero-order chi connectivity index (χ0) is 17.5. The number of benzene rings is 1. The normalized spacial score (nSPS) is 16.2. The van der Waals surface area contributed by atoms with Crippen LogP contribution in [0.4, 0.5) is 0 Å². The summed E-state index contributed by atoms with van der Waals surface area (Å²) < 4.78 is 0. The highest BCUT2D eigenvalue weighted by atomic mass is 16.4. The van der Waals surface area contributed by atoms with E-state index < -0.39 is 5.97 Å². The number of aromatic nitrogens is 4. The van der Waals surface area contributed by atoms with Crippen LogP contribution < -0.4 is 0 Å². The second-order valence-corrected chi connectivity index (χ2v) is 6.59. The largest absolute Gasteiger partial charge is 0.481 e. The molecule has 0 aliphatic carbocycles. The highest BCUT2D eigenvalue weighted by Crippen LogP contribution is 2.17. The molecule has 1 N–H and O–H groups in total. The summed E-state index contributed by atoms with van der Waals surface area (Å²) in [7, 11) is 0. The molecule has 0 saturated carbocycles. The molecular weight excluding hydrogens is 318 g/mol. The molecule has 1 fully saturated rings. The van der Waals surface area contributed by atoms with Crippen molar-refractivity contribution in [2.45, 2.75) is 38.6 Å². The SMILES string of the molecule is O=C(O)C1CCN(CCCCCn2nnc(-c3ccccc3)n2)CC1. The summed E-state index contributed by atoms with van der Waals surface area (Å²) in [6.07, 6.45) is 4.82. The number of tetrazole rings is 1. The highest BCUT2D eigenvalue weighted by molar-refractivity contribution is 5.70. The minimum absolute atomic E-state index is 0.145. The van der Waals surface area contributed by atoms with Crippen molar-refractivity contribution in [3.05, 3.63) is 30.3 Å². The molecule has 25 heavy (non-hydrogen) atoms. The van der Waals surface area contributed by atoms with E-state index in [0.717, 1.165) is 63.8 Å². The van der Waals surface area contributed by atoms with Crippen LogP contribution in [0.5, 0.6) is 0 Å². The molecule has 1 aliphatic heterocycles. The predicted octanol–water partition coefficient (Wildman–Crippen LogP) is 2.31. The maximum absolute atomic E-state index is 10.9. The van der Waals surface area contributed by atoms with Crippen molar-refractivity contribution in [2.24, 2.45) is 5.92 Å². The van der Waals surface area contributed by atoms with Crippen molar-refractivity contribution >= 4 is 5.97 Å². The third kappa shape index (κ3) is 5.09. The minimum atomic E-state index is -0.644. The van der Waals surface area contributed by atoms with E-state index in [4.69, 9.17) is 5.11 Å². The van der Waals surface area contributed by atoms with Crippen LogP contribution in [0.1, 0.15) is 32.1 Å². The van der Waals surface area contributed by atoms with E-state index in [-0.39, 0.29) is 5.92 Å². The third-order valence-electron chi connectivity index (χ3n) is 4.75. The van der Waals surface area contributed by atoms with Crippen LogP contribution in [0, 0.1) is 5.92 Å². The van der Waals surface area contributed by atoms with Crippen molar-refractivity contribution < 1.29 is 9.90 Å². The number of carbonyl (C=O) groups is 1. The van der Waals surface area contributed by atoms with Gasteiger partial charge in [-0.25, -0.2) is 0 Å². The molecule has 2 aromatic rings. The van der Waals surface area contributed by atoms with E-state index in [0.29, 0.717) is 5.82 Å². The van der Waals surface area contributed by atoms with Gasteiger partial charge in [-0.2, -0.15) is 4.80 Å². The Hall–Kier alpha value is -2.28. The van der Waals surface area contributed by atoms with Crippen molar-refractivity contribution in [2.75, 3.05) is 19.6 Å². The number of rotatable bonds is 8. The Bertz CT molecular complexity index is 665. The number of carboxylic acid groups (broad SMARTS) is 1. The average molecular weight is 343 g/mol.